The van der Waals surface area contributed by atoms with Crippen LogP contribution in [0.4, 0.5) is 119 Å². The lowest BCUT2D eigenvalue weighted by molar-refractivity contribution is -0.381. The molecule has 0 aliphatic carbocycles. The maximum Gasteiger partial charge on any atom is 0.460 e. The maximum atomic E-state index is 14.3. The van der Waals surface area contributed by atoms with Crippen molar-refractivity contribution in [3.05, 3.63) is 34.9 Å². The Hall–Kier alpha value is -3.33. The Balaban J connectivity index is 1.57. The van der Waals surface area contributed by atoms with E-state index < -0.39 is 219 Å². The highest BCUT2D eigenvalue weighted by Crippen LogP contribution is 2.60. The van der Waals surface area contributed by atoms with Crippen molar-refractivity contribution >= 4 is 53.6 Å². The van der Waals surface area contributed by atoms with Crippen molar-refractivity contribution in [2.24, 2.45) is 0 Å². The molecule has 0 aromatic heterocycles. The predicted octanol–water partition coefficient (Wildman–Crippen LogP) is 10.2. The van der Waals surface area contributed by atoms with Gasteiger partial charge in [-0.1, -0.05) is 0 Å². The van der Waals surface area contributed by atoms with Crippen molar-refractivity contribution in [3.8, 4) is 0 Å². The molecule has 0 bridgehead atoms. The molecule has 1 aromatic rings. The third-order valence-electron chi connectivity index (χ3n) is 10.3. The van der Waals surface area contributed by atoms with Gasteiger partial charge in [-0.25, -0.2) is 12.9 Å². The van der Waals surface area contributed by atoms with Crippen LogP contribution in [-0.4, -0.2) is 194 Å². The molecule has 0 radical (unpaired) electrons. The molecule has 39 heteroatoms. The summed E-state index contributed by atoms with van der Waals surface area (Å²) in [6.45, 7) is -11.1. The average Bonchev–Trinajstić information content (AvgIpc) is 3.24. The van der Waals surface area contributed by atoms with Crippen molar-refractivity contribution in [3.63, 3.8) is 0 Å². The summed E-state index contributed by atoms with van der Waals surface area (Å²) in [7, 11) is 0. The smallest absolute Gasteiger partial charge is 0.336 e. The fourth-order valence-corrected chi connectivity index (χ4v) is 8.97. The Morgan fingerprint density at radius 1 is 0.292 bits per heavy atom. The van der Waals surface area contributed by atoms with Gasteiger partial charge in [-0.2, -0.15) is 119 Å². The lowest BCUT2D eigenvalue weighted by atomic mass is 10.0. The van der Waals surface area contributed by atoms with Crippen LogP contribution >= 0.6 is 35.8 Å². The largest absolute Gasteiger partial charge is 0.460 e. The molecule has 3 fully saturated rings. The van der Waals surface area contributed by atoms with E-state index in [1.165, 1.54) is 0 Å². The number of hydrogen-bond donors (Lipinski definition) is 0. The van der Waals surface area contributed by atoms with E-state index >= 15 is 0 Å². The van der Waals surface area contributed by atoms with Crippen LogP contribution in [0, 0.1) is 0 Å². The molecular formula is C33H27F27N6O3S3. The van der Waals surface area contributed by atoms with Gasteiger partial charge in [0.25, 0.3) is 17.7 Å². The first-order chi connectivity index (χ1) is 32.1. The SMILES string of the molecule is O=C(c1cc(C(=O)N2CCN(SC(F)(F)C(F)(F)C(F)(F)C(F)(F)F)CC2)cc(C(=O)N2CCN(SC(F)(F)C(F)(F)C(F)(F)C(F)(F)F)CC2)c1)N1CCN(SC(F)(F)C(F)(F)C(F)(F)C(F)(F)F)CC1. The zero-order valence-electron chi connectivity index (χ0n) is 34.6. The summed E-state index contributed by atoms with van der Waals surface area (Å²) in [6.07, 6.45) is -21.5. The normalized spacial score (nSPS) is 19.3. The number of carbonyl (C=O) groups is 3. The molecule has 3 saturated heterocycles. The van der Waals surface area contributed by atoms with Gasteiger partial charge in [0, 0.05) is 131 Å². The van der Waals surface area contributed by atoms with E-state index in [1.807, 2.05) is 0 Å². The molecule has 0 N–H and O–H groups in total. The number of halogens is 27. The van der Waals surface area contributed by atoms with E-state index in [9.17, 15) is 133 Å². The van der Waals surface area contributed by atoms with Gasteiger partial charge in [-0.15, -0.1) is 0 Å². The molecule has 4 rings (SSSR count). The molecule has 0 unspecified atom stereocenters. The van der Waals surface area contributed by atoms with Crippen molar-refractivity contribution in [1.82, 2.24) is 27.6 Å². The molecule has 72 heavy (non-hydrogen) atoms. The third kappa shape index (κ3) is 11.4. The second-order valence-corrected chi connectivity index (χ2v) is 18.9. The average molecular weight is 1160 g/mol. The highest BCUT2D eigenvalue weighted by Gasteiger charge is 2.84. The van der Waals surface area contributed by atoms with E-state index in [4.69, 9.17) is 0 Å². The van der Waals surface area contributed by atoms with Gasteiger partial charge in [0.2, 0.25) is 0 Å². The van der Waals surface area contributed by atoms with Crippen molar-refractivity contribution in [1.29, 1.82) is 0 Å². The van der Waals surface area contributed by atoms with Crippen LogP contribution in [0.15, 0.2) is 18.2 Å². The van der Waals surface area contributed by atoms with E-state index in [1.54, 1.807) is 0 Å². The monoisotopic (exact) mass is 1160 g/mol. The summed E-state index contributed by atoms with van der Waals surface area (Å²) in [5.41, 5.74) is -2.30. The maximum absolute atomic E-state index is 14.3. The number of benzene rings is 1. The van der Waals surface area contributed by atoms with Crippen LogP contribution in [0.5, 0.6) is 0 Å². The van der Waals surface area contributed by atoms with Gasteiger partial charge in [0.05, 0.1) is 0 Å². The van der Waals surface area contributed by atoms with Gasteiger partial charge < -0.3 is 14.7 Å². The van der Waals surface area contributed by atoms with Gasteiger partial charge in [0.1, 0.15) is 0 Å². The topological polar surface area (TPSA) is 70.6 Å². The van der Waals surface area contributed by atoms with E-state index in [0.29, 0.717) is 32.9 Å². The predicted molar refractivity (Wildman–Crippen MR) is 194 cm³/mol. The minimum atomic E-state index is -7.26. The Kier molecular flexibility index (Phi) is 17.0. The summed E-state index contributed by atoms with van der Waals surface area (Å²) in [5, 5.41) is -18.5. The molecular weight excluding hydrogens is 1140 g/mol. The molecule has 3 amide bonds. The molecule has 3 aliphatic rings. The summed E-state index contributed by atoms with van der Waals surface area (Å²) in [4.78, 5) is 43.1. The van der Waals surface area contributed by atoms with Crippen molar-refractivity contribution in [2.75, 3.05) is 78.5 Å². The van der Waals surface area contributed by atoms with Gasteiger partial charge in [-0.3, -0.25) is 14.4 Å². The number of alkyl halides is 27. The number of rotatable bonds is 15. The van der Waals surface area contributed by atoms with Crippen LogP contribution in [-0.2, 0) is 0 Å². The van der Waals surface area contributed by atoms with Crippen LogP contribution in [0.3, 0.4) is 0 Å². The minimum absolute atomic E-state index is 0.159. The molecule has 0 atom stereocenters. The molecule has 3 heterocycles. The van der Waals surface area contributed by atoms with Crippen molar-refractivity contribution in [2.45, 2.75) is 69.8 Å². The molecule has 0 spiro atoms. The first-order valence-corrected chi connectivity index (χ1v) is 21.4. The Labute approximate surface area is 397 Å². The number of carbonyl (C=O) groups excluding carboxylic acids is 3. The van der Waals surface area contributed by atoms with Crippen LogP contribution < -0.4 is 0 Å². The number of amides is 3. The minimum Gasteiger partial charge on any atom is -0.336 e. The van der Waals surface area contributed by atoms with Crippen molar-refractivity contribution < 1.29 is 133 Å². The molecule has 9 nitrogen and oxygen atoms in total. The van der Waals surface area contributed by atoms with Crippen LogP contribution in [0.1, 0.15) is 31.1 Å². The molecule has 1 aromatic carbocycles. The second kappa shape index (κ2) is 20.0. The zero-order chi connectivity index (χ0) is 55.7. The van der Waals surface area contributed by atoms with E-state index in [2.05, 4.69) is 0 Å². The molecule has 3 aliphatic heterocycles. The number of hydrogen-bond acceptors (Lipinski definition) is 9. The number of piperazine rings is 3. The van der Waals surface area contributed by atoms with Gasteiger partial charge >= 0.3 is 69.8 Å². The fraction of sp³-hybridized carbons (Fsp3) is 0.727. The summed E-state index contributed by atoms with van der Waals surface area (Å²) in [5.74, 6) is -46.9. The second-order valence-electron chi connectivity index (χ2n) is 15.2. The Morgan fingerprint density at radius 3 is 0.611 bits per heavy atom. The molecule has 414 valence electrons. The summed E-state index contributed by atoms with van der Waals surface area (Å²) < 4.78 is 363. The standard InChI is InChI=1S/C33H27F27N6O3S3/c34-22(35,28(46,47)48)25(40,41)31(55,56)70-64-7-1-61(2-8-64)19(67)16-13-17(20(68)62-3-9-65(10-4-62)71-32(57,58)26(42,43)23(36,37)29(49,50)51)15-18(14-16)21(69)63-5-11-66(12-6-63)72-33(59,60)27(44,45)24(38,39)30(52,53)54/h13-15H,1-12H2. The molecule has 0 saturated carbocycles. The lowest BCUT2D eigenvalue weighted by Gasteiger charge is -2.39. The first kappa shape index (κ1) is 61.2. The highest BCUT2D eigenvalue weighted by molar-refractivity contribution is 7.98. The Morgan fingerprint density at radius 2 is 0.458 bits per heavy atom. The van der Waals surface area contributed by atoms with E-state index in [0.717, 1.165) is 0 Å². The summed E-state index contributed by atoms with van der Waals surface area (Å²) in [6, 6.07) is 1.96. The highest BCUT2D eigenvalue weighted by atomic mass is 32.2. The Bertz CT molecular complexity index is 1890. The summed E-state index contributed by atoms with van der Waals surface area (Å²) >= 11 is -4.36. The van der Waals surface area contributed by atoms with E-state index in [-0.39, 0.29) is 12.9 Å². The van der Waals surface area contributed by atoms with Crippen LogP contribution in [0.25, 0.3) is 0 Å². The number of nitrogens with zero attached hydrogens (tertiary/aromatic N) is 6. The van der Waals surface area contributed by atoms with Gasteiger partial charge in [-0.05, 0) is 18.2 Å². The quantitative estimate of drug-likeness (QED) is 0.126. The lowest BCUT2D eigenvalue weighted by Crippen LogP contribution is -2.60. The third-order valence-corrected chi connectivity index (χ3v) is 13.7. The van der Waals surface area contributed by atoms with Gasteiger partial charge in [0.15, 0.2) is 0 Å². The first-order valence-electron chi connectivity index (χ1n) is 19.1. The fourth-order valence-electron chi connectivity index (χ4n) is 6.23. The zero-order valence-corrected chi connectivity index (χ0v) is 37.0. The van der Waals surface area contributed by atoms with Crippen LogP contribution in [0.2, 0.25) is 0 Å².